The first-order valence-corrected chi connectivity index (χ1v) is 8.18. The minimum absolute atomic E-state index is 0.115. The SMILES string of the molecule is CN(C)C(=O)[C@@H]1C[C@@H]2CCN(Cc3ccsc3)C[C@@H]2O1. The Morgan fingerprint density at radius 2 is 2.40 bits per heavy atom. The van der Waals surface area contributed by atoms with E-state index in [0.29, 0.717) is 5.92 Å². The van der Waals surface area contributed by atoms with Gasteiger partial charge >= 0.3 is 0 Å². The van der Waals surface area contributed by atoms with Gasteiger partial charge in [-0.25, -0.2) is 0 Å². The van der Waals surface area contributed by atoms with Gasteiger partial charge < -0.3 is 9.64 Å². The summed E-state index contributed by atoms with van der Waals surface area (Å²) in [6, 6.07) is 2.19. The number of hydrogen-bond donors (Lipinski definition) is 0. The maximum Gasteiger partial charge on any atom is 0.251 e. The average Bonchev–Trinajstić information content (AvgIpc) is 3.06. The summed E-state index contributed by atoms with van der Waals surface area (Å²) >= 11 is 1.75. The van der Waals surface area contributed by atoms with Gasteiger partial charge in [0.25, 0.3) is 5.91 Å². The van der Waals surface area contributed by atoms with Crippen molar-refractivity contribution in [2.45, 2.75) is 31.6 Å². The lowest BCUT2D eigenvalue weighted by atomic mass is 9.91. The molecule has 3 atom stereocenters. The Kier molecular flexibility index (Phi) is 4.10. The van der Waals surface area contributed by atoms with Crippen molar-refractivity contribution < 1.29 is 9.53 Å². The van der Waals surface area contributed by atoms with Crippen molar-refractivity contribution in [3.05, 3.63) is 22.4 Å². The number of rotatable bonds is 3. The van der Waals surface area contributed by atoms with E-state index in [2.05, 4.69) is 21.7 Å². The molecule has 1 amide bonds. The fraction of sp³-hybridized carbons (Fsp3) is 0.667. The second-order valence-electron chi connectivity index (χ2n) is 6.05. The molecule has 2 fully saturated rings. The molecular formula is C15H22N2O2S. The van der Waals surface area contributed by atoms with Crippen LogP contribution in [0.2, 0.25) is 0 Å². The molecule has 2 aliphatic heterocycles. The van der Waals surface area contributed by atoms with Crippen LogP contribution < -0.4 is 0 Å². The normalized spacial score (nSPS) is 30.2. The van der Waals surface area contributed by atoms with Gasteiger partial charge in [-0.1, -0.05) is 0 Å². The third kappa shape index (κ3) is 2.90. The minimum atomic E-state index is -0.221. The quantitative estimate of drug-likeness (QED) is 0.852. The lowest BCUT2D eigenvalue weighted by Crippen LogP contribution is -2.42. The maximum atomic E-state index is 12.0. The smallest absolute Gasteiger partial charge is 0.251 e. The van der Waals surface area contributed by atoms with E-state index in [4.69, 9.17) is 4.74 Å². The van der Waals surface area contributed by atoms with Crippen LogP contribution in [0.15, 0.2) is 16.8 Å². The molecule has 0 spiro atoms. The molecule has 3 heterocycles. The zero-order chi connectivity index (χ0) is 14.1. The average molecular weight is 294 g/mol. The molecule has 1 aromatic rings. The Balaban J connectivity index is 1.57. The number of likely N-dealkylation sites (N-methyl/N-ethyl adjacent to an activating group) is 1. The number of piperidine rings is 1. The Morgan fingerprint density at radius 1 is 1.55 bits per heavy atom. The lowest BCUT2D eigenvalue weighted by Gasteiger charge is -2.33. The standard InChI is InChI=1S/C15H22N2O2S/c1-16(2)15(18)13-7-12-3-5-17(9-14(12)19-13)8-11-4-6-20-10-11/h4,6,10,12-14H,3,5,7-9H2,1-2H3/t12-,13-,14-/m0/s1. The van der Waals surface area contributed by atoms with Crippen LogP contribution in [0.5, 0.6) is 0 Å². The highest BCUT2D eigenvalue weighted by Gasteiger charge is 2.42. The van der Waals surface area contributed by atoms with Crippen molar-refractivity contribution in [2.75, 3.05) is 27.2 Å². The van der Waals surface area contributed by atoms with E-state index < -0.39 is 0 Å². The van der Waals surface area contributed by atoms with Crippen LogP contribution in [-0.4, -0.2) is 55.1 Å². The number of thiophene rings is 1. The molecule has 0 unspecified atom stereocenters. The van der Waals surface area contributed by atoms with Gasteiger partial charge in [0.05, 0.1) is 6.10 Å². The summed E-state index contributed by atoms with van der Waals surface area (Å²) < 4.78 is 6.01. The second-order valence-corrected chi connectivity index (χ2v) is 6.83. The maximum absolute atomic E-state index is 12.0. The second kappa shape index (κ2) is 5.84. The number of carbonyl (C=O) groups excluding carboxylic acids is 1. The van der Waals surface area contributed by atoms with Crippen molar-refractivity contribution >= 4 is 17.2 Å². The molecule has 110 valence electrons. The number of ether oxygens (including phenoxy) is 1. The van der Waals surface area contributed by atoms with Gasteiger partial charge in [0.1, 0.15) is 6.10 Å². The van der Waals surface area contributed by atoms with Gasteiger partial charge in [-0.2, -0.15) is 11.3 Å². The molecule has 0 N–H and O–H groups in total. The molecule has 0 aromatic carbocycles. The number of carbonyl (C=O) groups is 1. The molecule has 3 rings (SSSR count). The van der Waals surface area contributed by atoms with E-state index in [1.165, 1.54) is 5.56 Å². The molecule has 2 aliphatic rings. The molecule has 0 aliphatic carbocycles. The number of nitrogens with zero attached hydrogens (tertiary/aromatic N) is 2. The lowest BCUT2D eigenvalue weighted by molar-refractivity contribution is -0.141. The molecule has 1 aromatic heterocycles. The molecule has 0 radical (unpaired) electrons. The van der Waals surface area contributed by atoms with E-state index in [9.17, 15) is 4.79 Å². The summed E-state index contributed by atoms with van der Waals surface area (Å²) in [6.07, 6.45) is 2.05. The zero-order valence-corrected chi connectivity index (χ0v) is 12.9. The highest BCUT2D eigenvalue weighted by atomic mass is 32.1. The van der Waals surface area contributed by atoms with Crippen LogP contribution in [0.4, 0.5) is 0 Å². The Morgan fingerprint density at radius 3 is 3.10 bits per heavy atom. The van der Waals surface area contributed by atoms with E-state index in [0.717, 1.165) is 32.5 Å². The summed E-state index contributed by atoms with van der Waals surface area (Å²) in [5, 5.41) is 4.33. The first-order chi connectivity index (χ1) is 9.63. The van der Waals surface area contributed by atoms with Gasteiger partial charge in [0.2, 0.25) is 0 Å². The number of likely N-dealkylation sites (tertiary alicyclic amines) is 1. The van der Waals surface area contributed by atoms with Gasteiger partial charge in [0, 0.05) is 27.2 Å². The van der Waals surface area contributed by atoms with Gasteiger partial charge in [-0.3, -0.25) is 9.69 Å². The van der Waals surface area contributed by atoms with Crippen LogP contribution >= 0.6 is 11.3 Å². The third-order valence-corrected chi connectivity index (χ3v) is 5.07. The van der Waals surface area contributed by atoms with E-state index >= 15 is 0 Å². The predicted molar refractivity (Wildman–Crippen MR) is 79.7 cm³/mol. The van der Waals surface area contributed by atoms with Crippen molar-refractivity contribution in [1.82, 2.24) is 9.80 Å². The van der Waals surface area contributed by atoms with E-state index in [1.54, 1.807) is 30.3 Å². The van der Waals surface area contributed by atoms with Crippen LogP contribution in [0.1, 0.15) is 18.4 Å². The summed E-state index contributed by atoms with van der Waals surface area (Å²) in [7, 11) is 3.60. The van der Waals surface area contributed by atoms with Crippen molar-refractivity contribution in [3.8, 4) is 0 Å². The third-order valence-electron chi connectivity index (χ3n) is 4.34. The first kappa shape index (κ1) is 14.0. The Labute approximate surface area is 124 Å². The first-order valence-electron chi connectivity index (χ1n) is 7.23. The molecule has 2 saturated heterocycles. The largest absolute Gasteiger partial charge is 0.364 e. The number of fused-ring (bicyclic) bond motifs is 1. The molecule has 0 saturated carbocycles. The van der Waals surface area contributed by atoms with Crippen LogP contribution in [0, 0.1) is 5.92 Å². The van der Waals surface area contributed by atoms with Crippen molar-refractivity contribution in [1.29, 1.82) is 0 Å². The van der Waals surface area contributed by atoms with Gasteiger partial charge in [-0.15, -0.1) is 0 Å². The van der Waals surface area contributed by atoms with Crippen LogP contribution in [0.3, 0.4) is 0 Å². The Bertz CT molecular complexity index is 460. The molecule has 20 heavy (non-hydrogen) atoms. The van der Waals surface area contributed by atoms with Crippen molar-refractivity contribution in [2.24, 2.45) is 5.92 Å². The number of hydrogen-bond acceptors (Lipinski definition) is 4. The van der Waals surface area contributed by atoms with Gasteiger partial charge in [-0.05, 0) is 47.7 Å². The summed E-state index contributed by atoms with van der Waals surface area (Å²) in [4.78, 5) is 16.1. The highest BCUT2D eigenvalue weighted by Crippen LogP contribution is 2.34. The number of amides is 1. The molecular weight excluding hydrogens is 272 g/mol. The van der Waals surface area contributed by atoms with E-state index in [1.807, 2.05) is 0 Å². The zero-order valence-electron chi connectivity index (χ0n) is 12.1. The molecule has 4 nitrogen and oxygen atoms in total. The summed E-state index contributed by atoms with van der Waals surface area (Å²) in [5.41, 5.74) is 1.38. The summed E-state index contributed by atoms with van der Waals surface area (Å²) in [6.45, 7) is 3.07. The fourth-order valence-electron chi connectivity index (χ4n) is 3.23. The van der Waals surface area contributed by atoms with Crippen molar-refractivity contribution in [3.63, 3.8) is 0 Å². The molecule has 0 bridgehead atoms. The predicted octanol–water partition coefficient (Wildman–Crippen LogP) is 1.82. The van der Waals surface area contributed by atoms with E-state index in [-0.39, 0.29) is 18.1 Å². The Hall–Kier alpha value is -0.910. The van der Waals surface area contributed by atoms with Crippen LogP contribution in [-0.2, 0) is 16.1 Å². The topological polar surface area (TPSA) is 32.8 Å². The fourth-order valence-corrected chi connectivity index (χ4v) is 3.89. The monoisotopic (exact) mass is 294 g/mol. The van der Waals surface area contributed by atoms with Gasteiger partial charge in [0.15, 0.2) is 0 Å². The molecule has 5 heteroatoms. The minimum Gasteiger partial charge on any atom is -0.364 e. The van der Waals surface area contributed by atoms with Crippen LogP contribution in [0.25, 0.3) is 0 Å². The summed E-state index contributed by atoms with van der Waals surface area (Å²) in [5.74, 6) is 0.673. The highest BCUT2D eigenvalue weighted by molar-refractivity contribution is 7.07.